The molecular weight excluding hydrogens is 272 g/mol. The van der Waals surface area contributed by atoms with Gasteiger partial charge in [0.1, 0.15) is 5.60 Å². The number of likely N-dealkylation sites (N-methyl/N-ethyl adjacent to an activating group) is 1. The zero-order valence-electron chi connectivity index (χ0n) is 13.5. The summed E-state index contributed by atoms with van der Waals surface area (Å²) < 4.78 is 5.25. The molecule has 0 radical (unpaired) electrons. The molecule has 122 valence electrons. The molecule has 1 fully saturated rings. The van der Waals surface area contributed by atoms with Crippen LogP contribution < -0.4 is 5.32 Å². The molecule has 1 saturated carbocycles. The second-order valence-electron chi connectivity index (χ2n) is 6.61. The number of amides is 1. The summed E-state index contributed by atoms with van der Waals surface area (Å²) >= 11 is 0. The summed E-state index contributed by atoms with van der Waals surface area (Å²) in [5, 5.41) is 11.8. The van der Waals surface area contributed by atoms with Gasteiger partial charge in [0, 0.05) is 12.1 Å². The molecule has 0 unspecified atom stereocenters. The van der Waals surface area contributed by atoms with Gasteiger partial charge in [0.05, 0.1) is 6.54 Å². The largest absolute Gasteiger partial charge is 0.480 e. The Hall–Kier alpha value is -1.30. The van der Waals surface area contributed by atoms with Crippen LogP contribution in [0.2, 0.25) is 0 Å². The van der Waals surface area contributed by atoms with Crippen molar-refractivity contribution in [3.63, 3.8) is 0 Å². The van der Waals surface area contributed by atoms with Crippen LogP contribution in [0.1, 0.15) is 53.4 Å². The molecule has 0 saturated heterocycles. The van der Waals surface area contributed by atoms with E-state index >= 15 is 0 Å². The van der Waals surface area contributed by atoms with Gasteiger partial charge in [0.25, 0.3) is 0 Å². The molecule has 0 aromatic carbocycles. The summed E-state index contributed by atoms with van der Waals surface area (Å²) in [6.45, 7) is 8.33. The van der Waals surface area contributed by atoms with E-state index in [1.165, 1.54) is 0 Å². The van der Waals surface area contributed by atoms with E-state index in [1.54, 1.807) is 0 Å². The number of alkyl carbamates (subject to hydrolysis) is 1. The van der Waals surface area contributed by atoms with Crippen molar-refractivity contribution in [1.82, 2.24) is 10.2 Å². The third-order valence-corrected chi connectivity index (χ3v) is 3.68. The average Bonchev–Trinajstić information content (AvgIpc) is 2.34. The molecule has 0 aromatic rings. The van der Waals surface area contributed by atoms with Crippen LogP contribution in [0, 0.1) is 0 Å². The maximum absolute atomic E-state index is 11.7. The van der Waals surface area contributed by atoms with Gasteiger partial charge in [-0.1, -0.05) is 6.92 Å². The quantitative estimate of drug-likeness (QED) is 0.814. The Bertz CT molecular complexity index is 357. The van der Waals surface area contributed by atoms with Crippen LogP contribution in [0.25, 0.3) is 0 Å². The highest BCUT2D eigenvalue weighted by Crippen LogP contribution is 2.23. The van der Waals surface area contributed by atoms with Crippen molar-refractivity contribution in [2.75, 3.05) is 13.1 Å². The van der Waals surface area contributed by atoms with Gasteiger partial charge in [-0.25, -0.2) is 4.79 Å². The summed E-state index contributed by atoms with van der Waals surface area (Å²) in [5.74, 6) is -0.786. The number of rotatable bonds is 5. The second kappa shape index (κ2) is 7.64. The van der Waals surface area contributed by atoms with Crippen molar-refractivity contribution in [2.45, 2.75) is 71.1 Å². The number of hydrogen-bond donors (Lipinski definition) is 2. The smallest absolute Gasteiger partial charge is 0.407 e. The number of nitrogens with one attached hydrogen (secondary N) is 1. The van der Waals surface area contributed by atoms with Gasteiger partial charge in [-0.3, -0.25) is 9.69 Å². The van der Waals surface area contributed by atoms with Gasteiger partial charge < -0.3 is 15.2 Å². The van der Waals surface area contributed by atoms with E-state index < -0.39 is 11.6 Å². The van der Waals surface area contributed by atoms with Crippen LogP contribution >= 0.6 is 0 Å². The van der Waals surface area contributed by atoms with Crippen molar-refractivity contribution < 1.29 is 19.4 Å². The number of carboxylic acid groups (broad SMARTS) is 1. The Morgan fingerprint density at radius 2 is 1.81 bits per heavy atom. The highest BCUT2D eigenvalue weighted by Gasteiger charge is 2.28. The molecule has 1 aliphatic rings. The fraction of sp³-hybridized carbons (Fsp3) is 0.867. The standard InChI is InChI=1S/C15H28N2O4/c1-5-17(10-13(18)19)12-8-6-11(7-9-12)16-14(20)21-15(2,3)4/h11-12H,5-10H2,1-4H3,(H,16,20)(H,18,19). The topological polar surface area (TPSA) is 78.9 Å². The molecule has 0 bridgehead atoms. The minimum atomic E-state index is -0.786. The summed E-state index contributed by atoms with van der Waals surface area (Å²) in [6.07, 6.45) is 3.16. The number of carbonyl (C=O) groups excluding carboxylic acids is 1. The lowest BCUT2D eigenvalue weighted by molar-refractivity contribution is -0.139. The van der Waals surface area contributed by atoms with Gasteiger partial charge in [0.15, 0.2) is 0 Å². The minimum Gasteiger partial charge on any atom is -0.480 e. The lowest BCUT2D eigenvalue weighted by atomic mass is 9.90. The van der Waals surface area contributed by atoms with Gasteiger partial charge >= 0.3 is 12.1 Å². The Labute approximate surface area is 126 Å². The summed E-state index contributed by atoms with van der Waals surface area (Å²) in [4.78, 5) is 24.6. The van der Waals surface area contributed by atoms with Crippen LogP contribution in [0.5, 0.6) is 0 Å². The number of nitrogens with zero attached hydrogens (tertiary/aromatic N) is 1. The number of aliphatic carboxylic acids is 1. The van der Waals surface area contributed by atoms with Crippen molar-refractivity contribution in [3.05, 3.63) is 0 Å². The molecule has 0 aliphatic heterocycles. The van der Waals surface area contributed by atoms with Crippen LogP contribution in [-0.4, -0.2) is 52.8 Å². The Balaban J connectivity index is 2.38. The monoisotopic (exact) mass is 300 g/mol. The molecule has 0 spiro atoms. The molecule has 6 nitrogen and oxygen atoms in total. The molecular formula is C15H28N2O4. The molecule has 2 N–H and O–H groups in total. The normalized spacial score (nSPS) is 22.9. The Morgan fingerprint density at radius 1 is 1.24 bits per heavy atom. The zero-order chi connectivity index (χ0) is 16.0. The molecule has 1 aliphatic carbocycles. The highest BCUT2D eigenvalue weighted by molar-refractivity contribution is 5.69. The molecule has 1 rings (SSSR count). The van der Waals surface area contributed by atoms with Gasteiger partial charge in [-0.05, 0) is 53.0 Å². The second-order valence-corrected chi connectivity index (χ2v) is 6.61. The predicted molar refractivity (Wildman–Crippen MR) is 80.3 cm³/mol. The van der Waals surface area contributed by atoms with E-state index in [9.17, 15) is 9.59 Å². The first kappa shape index (κ1) is 17.8. The number of carbonyl (C=O) groups is 2. The fourth-order valence-electron chi connectivity index (χ4n) is 2.73. The number of ether oxygens (including phenoxy) is 1. The maximum Gasteiger partial charge on any atom is 0.407 e. The summed E-state index contributed by atoms with van der Waals surface area (Å²) in [7, 11) is 0. The summed E-state index contributed by atoms with van der Waals surface area (Å²) in [5.41, 5.74) is -0.484. The molecule has 0 heterocycles. The lowest BCUT2D eigenvalue weighted by Crippen LogP contribution is -2.46. The molecule has 6 heteroatoms. The first-order chi connectivity index (χ1) is 9.71. The highest BCUT2D eigenvalue weighted by atomic mass is 16.6. The zero-order valence-corrected chi connectivity index (χ0v) is 13.5. The van der Waals surface area contributed by atoms with Crippen LogP contribution in [0.15, 0.2) is 0 Å². The summed E-state index contributed by atoms with van der Waals surface area (Å²) in [6, 6.07) is 0.419. The van der Waals surface area contributed by atoms with Crippen LogP contribution in [-0.2, 0) is 9.53 Å². The minimum absolute atomic E-state index is 0.0886. The van der Waals surface area contributed by atoms with Gasteiger partial charge in [-0.2, -0.15) is 0 Å². The van der Waals surface area contributed by atoms with Crippen molar-refractivity contribution in [1.29, 1.82) is 0 Å². The fourth-order valence-corrected chi connectivity index (χ4v) is 2.73. The third kappa shape index (κ3) is 6.80. The lowest BCUT2D eigenvalue weighted by Gasteiger charge is -2.35. The predicted octanol–water partition coefficient (Wildman–Crippen LogP) is 2.23. The van der Waals surface area contributed by atoms with Crippen molar-refractivity contribution in [2.24, 2.45) is 0 Å². The average molecular weight is 300 g/mol. The molecule has 1 amide bonds. The molecule has 0 aromatic heterocycles. The maximum atomic E-state index is 11.7. The number of hydrogen-bond acceptors (Lipinski definition) is 4. The first-order valence-corrected chi connectivity index (χ1v) is 7.66. The van der Waals surface area contributed by atoms with Crippen LogP contribution in [0.3, 0.4) is 0 Å². The van der Waals surface area contributed by atoms with E-state index in [2.05, 4.69) is 5.32 Å². The van der Waals surface area contributed by atoms with Crippen LogP contribution in [0.4, 0.5) is 4.79 Å². The molecule has 0 atom stereocenters. The third-order valence-electron chi connectivity index (χ3n) is 3.68. The first-order valence-electron chi connectivity index (χ1n) is 7.66. The van der Waals surface area contributed by atoms with Gasteiger partial charge in [0.2, 0.25) is 0 Å². The van der Waals surface area contributed by atoms with E-state index in [4.69, 9.17) is 9.84 Å². The van der Waals surface area contributed by atoms with Crippen molar-refractivity contribution in [3.8, 4) is 0 Å². The van der Waals surface area contributed by atoms with Crippen molar-refractivity contribution >= 4 is 12.1 Å². The number of carboxylic acids is 1. The van der Waals surface area contributed by atoms with Gasteiger partial charge in [-0.15, -0.1) is 0 Å². The Kier molecular flexibility index (Phi) is 6.45. The van der Waals surface area contributed by atoms with E-state index in [1.807, 2.05) is 32.6 Å². The van der Waals surface area contributed by atoms with E-state index in [-0.39, 0.29) is 18.7 Å². The van der Waals surface area contributed by atoms with E-state index in [0.717, 1.165) is 32.2 Å². The SMILES string of the molecule is CCN(CC(=O)O)C1CCC(NC(=O)OC(C)(C)C)CC1. The Morgan fingerprint density at radius 3 is 2.24 bits per heavy atom. The molecule has 21 heavy (non-hydrogen) atoms. The van der Waals surface area contributed by atoms with E-state index in [0.29, 0.717) is 6.04 Å².